The molecule has 120 valence electrons. The van der Waals surface area contributed by atoms with E-state index in [1.54, 1.807) is 38.1 Å². The van der Waals surface area contributed by atoms with Crippen LogP contribution in [0.3, 0.4) is 0 Å². The van der Waals surface area contributed by atoms with Crippen LogP contribution in [0.4, 0.5) is 4.79 Å². The minimum absolute atomic E-state index is 0.355. The Morgan fingerprint density at radius 3 is 2.05 bits per heavy atom. The fraction of sp³-hybridized carbons (Fsp3) is 0.533. The third-order valence-electron chi connectivity index (χ3n) is 2.51. The number of benzene rings is 1. The molecule has 0 spiro atoms. The minimum Gasteiger partial charge on any atom is -0.453 e. The predicted octanol–water partition coefficient (Wildman–Crippen LogP) is 2.01. The molecule has 1 aromatic rings. The standard InChI is InChI=1S/C11H16BNO4.2C2H6/c1-11(2,13-10(14)17-3)8-6-4-5-7-9(8)12(15)16;2*1-2/h4-7,15-16H,1-3H3,(H,13,14);2*1-2H3. The highest BCUT2D eigenvalue weighted by Gasteiger charge is 2.29. The molecule has 0 heterocycles. The van der Waals surface area contributed by atoms with Gasteiger partial charge in [-0.15, -0.1) is 0 Å². The van der Waals surface area contributed by atoms with Crippen LogP contribution in [0.25, 0.3) is 0 Å². The Bertz CT molecular complexity index is 408. The summed E-state index contributed by atoms with van der Waals surface area (Å²) in [4.78, 5) is 11.2. The molecular weight excluding hydrogens is 269 g/mol. The second kappa shape index (κ2) is 11.2. The Morgan fingerprint density at radius 1 is 1.14 bits per heavy atom. The largest absolute Gasteiger partial charge is 0.488 e. The Hall–Kier alpha value is -1.53. The van der Waals surface area contributed by atoms with Gasteiger partial charge in [0.2, 0.25) is 0 Å². The van der Waals surface area contributed by atoms with Gasteiger partial charge in [0.1, 0.15) is 0 Å². The molecule has 0 saturated heterocycles. The molecule has 21 heavy (non-hydrogen) atoms. The highest BCUT2D eigenvalue weighted by atomic mass is 16.5. The molecule has 0 saturated carbocycles. The van der Waals surface area contributed by atoms with E-state index >= 15 is 0 Å². The summed E-state index contributed by atoms with van der Waals surface area (Å²) in [5.41, 5.74) is 0.224. The van der Waals surface area contributed by atoms with E-state index in [1.165, 1.54) is 7.11 Å². The van der Waals surface area contributed by atoms with Crippen molar-refractivity contribution >= 4 is 18.7 Å². The van der Waals surface area contributed by atoms with Crippen LogP contribution in [0.1, 0.15) is 47.1 Å². The van der Waals surface area contributed by atoms with E-state index in [0.717, 1.165) is 0 Å². The zero-order chi connectivity index (χ0) is 17.1. The molecule has 1 aromatic carbocycles. The van der Waals surface area contributed by atoms with Crippen LogP contribution < -0.4 is 10.8 Å². The smallest absolute Gasteiger partial charge is 0.453 e. The van der Waals surface area contributed by atoms with E-state index in [4.69, 9.17) is 0 Å². The van der Waals surface area contributed by atoms with E-state index in [0.29, 0.717) is 11.0 Å². The number of ether oxygens (including phenoxy) is 1. The number of methoxy groups -OCH3 is 1. The first-order valence-electron chi connectivity index (χ1n) is 7.20. The Labute approximate surface area is 128 Å². The fourth-order valence-electron chi connectivity index (χ4n) is 1.66. The summed E-state index contributed by atoms with van der Waals surface area (Å²) in [6, 6.07) is 6.79. The van der Waals surface area contributed by atoms with Crippen molar-refractivity contribution in [3.63, 3.8) is 0 Å². The van der Waals surface area contributed by atoms with Crippen molar-refractivity contribution in [1.29, 1.82) is 0 Å². The molecule has 0 aliphatic heterocycles. The highest BCUT2D eigenvalue weighted by Crippen LogP contribution is 2.18. The van der Waals surface area contributed by atoms with Gasteiger partial charge in [0, 0.05) is 0 Å². The van der Waals surface area contributed by atoms with Gasteiger partial charge in [0.05, 0.1) is 12.6 Å². The van der Waals surface area contributed by atoms with Crippen LogP contribution in [0, 0.1) is 0 Å². The van der Waals surface area contributed by atoms with Gasteiger partial charge in [-0.25, -0.2) is 4.79 Å². The normalized spacial score (nSPS) is 9.38. The SMILES string of the molecule is CC.CC.COC(=O)NC(C)(C)c1ccccc1B(O)O. The topological polar surface area (TPSA) is 78.8 Å². The minimum atomic E-state index is -1.58. The summed E-state index contributed by atoms with van der Waals surface area (Å²) >= 11 is 0. The lowest BCUT2D eigenvalue weighted by atomic mass is 9.72. The van der Waals surface area contributed by atoms with Crippen molar-refractivity contribution in [3.05, 3.63) is 29.8 Å². The second-order valence-electron chi connectivity index (χ2n) is 4.20. The zero-order valence-corrected chi connectivity index (χ0v) is 14.1. The molecule has 0 unspecified atom stereocenters. The molecule has 0 aliphatic rings. The van der Waals surface area contributed by atoms with Crippen molar-refractivity contribution < 1.29 is 19.6 Å². The van der Waals surface area contributed by atoms with Gasteiger partial charge in [-0.3, -0.25) is 0 Å². The molecule has 5 nitrogen and oxygen atoms in total. The molecule has 1 amide bonds. The third-order valence-corrected chi connectivity index (χ3v) is 2.51. The average molecular weight is 297 g/mol. The number of hydrogen-bond donors (Lipinski definition) is 3. The van der Waals surface area contributed by atoms with Crippen LogP contribution in [-0.4, -0.2) is 30.4 Å². The number of amides is 1. The van der Waals surface area contributed by atoms with Crippen molar-refractivity contribution in [2.45, 2.75) is 47.1 Å². The van der Waals surface area contributed by atoms with Crippen LogP contribution >= 0.6 is 0 Å². The fourth-order valence-corrected chi connectivity index (χ4v) is 1.66. The molecule has 0 atom stereocenters. The maximum Gasteiger partial charge on any atom is 0.488 e. The van der Waals surface area contributed by atoms with E-state index in [2.05, 4.69) is 10.1 Å². The van der Waals surface area contributed by atoms with Crippen LogP contribution in [0.2, 0.25) is 0 Å². The predicted molar refractivity (Wildman–Crippen MR) is 87.5 cm³/mol. The second-order valence-corrected chi connectivity index (χ2v) is 4.20. The Morgan fingerprint density at radius 2 is 1.62 bits per heavy atom. The Balaban J connectivity index is 0. The quantitative estimate of drug-likeness (QED) is 0.746. The summed E-state index contributed by atoms with van der Waals surface area (Å²) < 4.78 is 4.53. The van der Waals surface area contributed by atoms with Crippen molar-refractivity contribution in [3.8, 4) is 0 Å². The van der Waals surface area contributed by atoms with E-state index in [-0.39, 0.29) is 0 Å². The number of hydrogen-bond acceptors (Lipinski definition) is 4. The van der Waals surface area contributed by atoms with Gasteiger partial charge in [0.25, 0.3) is 0 Å². The van der Waals surface area contributed by atoms with Crippen molar-refractivity contribution in [2.75, 3.05) is 7.11 Å². The van der Waals surface area contributed by atoms with Crippen molar-refractivity contribution in [1.82, 2.24) is 5.32 Å². The number of rotatable bonds is 3. The summed E-state index contributed by atoms with van der Waals surface area (Å²) in [5, 5.41) is 21.2. The summed E-state index contributed by atoms with van der Waals surface area (Å²) in [6.45, 7) is 11.5. The number of alkyl carbamates (subject to hydrolysis) is 1. The molecule has 1 rings (SSSR count). The van der Waals surface area contributed by atoms with Gasteiger partial charge < -0.3 is 20.1 Å². The maximum atomic E-state index is 11.2. The highest BCUT2D eigenvalue weighted by molar-refractivity contribution is 6.59. The first-order chi connectivity index (χ1) is 9.88. The van der Waals surface area contributed by atoms with E-state index < -0.39 is 18.8 Å². The molecule has 0 aromatic heterocycles. The molecular formula is C15H28BNO4. The van der Waals surface area contributed by atoms with Gasteiger partial charge in [-0.05, 0) is 24.9 Å². The first-order valence-corrected chi connectivity index (χ1v) is 7.20. The maximum absolute atomic E-state index is 11.2. The number of carbonyl (C=O) groups is 1. The first kappa shape index (κ1) is 21.8. The van der Waals surface area contributed by atoms with Crippen LogP contribution in [-0.2, 0) is 10.3 Å². The summed E-state index contributed by atoms with van der Waals surface area (Å²) in [7, 11) is -0.303. The monoisotopic (exact) mass is 297 g/mol. The lowest BCUT2D eigenvalue weighted by Crippen LogP contribution is -2.47. The summed E-state index contributed by atoms with van der Waals surface area (Å²) in [5.74, 6) is 0. The van der Waals surface area contributed by atoms with Crippen LogP contribution in [0.15, 0.2) is 24.3 Å². The Kier molecular flexibility index (Phi) is 11.6. The van der Waals surface area contributed by atoms with Crippen molar-refractivity contribution in [2.24, 2.45) is 0 Å². The number of nitrogens with one attached hydrogen (secondary N) is 1. The van der Waals surface area contributed by atoms with Crippen LogP contribution in [0.5, 0.6) is 0 Å². The molecule has 0 radical (unpaired) electrons. The average Bonchev–Trinajstić information content (AvgIpc) is 2.50. The third kappa shape index (κ3) is 7.15. The lowest BCUT2D eigenvalue weighted by molar-refractivity contribution is 0.159. The van der Waals surface area contributed by atoms with Gasteiger partial charge in [-0.2, -0.15) is 0 Å². The van der Waals surface area contributed by atoms with E-state index in [9.17, 15) is 14.8 Å². The molecule has 0 fully saturated rings. The molecule has 3 N–H and O–H groups in total. The van der Waals surface area contributed by atoms with Gasteiger partial charge >= 0.3 is 13.2 Å². The lowest BCUT2D eigenvalue weighted by Gasteiger charge is -2.28. The summed E-state index contributed by atoms with van der Waals surface area (Å²) in [6.07, 6.45) is -0.572. The molecule has 0 bridgehead atoms. The van der Waals surface area contributed by atoms with E-state index in [1.807, 2.05) is 27.7 Å². The zero-order valence-electron chi connectivity index (χ0n) is 14.1. The van der Waals surface area contributed by atoms with Gasteiger partial charge in [0.15, 0.2) is 0 Å². The molecule has 0 aliphatic carbocycles. The van der Waals surface area contributed by atoms with Gasteiger partial charge in [-0.1, -0.05) is 52.0 Å². The molecule has 6 heteroatoms. The number of carbonyl (C=O) groups excluding carboxylic acids is 1.